The summed E-state index contributed by atoms with van der Waals surface area (Å²) in [6.07, 6.45) is 3.36. The summed E-state index contributed by atoms with van der Waals surface area (Å²) >= 11 is 1.06. The Morgan fingerprint density at radius 3 is 2.64 bits per heavy atom. The first-order valence-electron chi connectivity index (χ1n) is 8.68. The Labute approximate surface area is 165 Å². The second-order valence-electron chi connectivity index (χ2n) is 6.00. The lowest BCUT2D eigenvalue weighted by Gasteiger charge is -2.05. The molecule has 28 heavy (non-hydrogen) atoms. The third kappa shape index (κ3) is 4.81. The molecule has 0 spiro atoms. The second-order valence-corrected chi connectivity index (χ2v) is 7.00. The summed E-state index contributed by atoms with van der Waals surface area (Å²) in [5.74, 6) is -0.571. The van der Waals surface area contributed by atoms with Gasteiger partial charge in [0.25, 0.3) is 11.8 Å². The zero-order valence-electron chi connectivity index (χ0n) is 15.4. The molecule has 1 aliphatic carbocycles. The summed E-state index contributed by atoms with van der Waals surface area (Å²) in [7, 11) is 1.31. The van der Waals surface area contributed by atoms with E-state index in [9.17, 15) is 14.4 Å². The molecule has 1 fully saturated rings. The van der Waals surface area contributed by atoms with Gasteiger partial charge in [0.05, 0.1) is 7.11 Å². The van der Waals surface area contributed by atoms with Crippen LogP contribution in [0, 0.1) is 0 Å². The molecule has 2 heterocycles. The molecule has 4 amide bonds. The first-order chi connectivity index (χ1) is 13.5. The van der Waals surface area contributed by atoms with E-state index in [4.69, 9.17) is 0 Å². The van der Waals surface area contributed by atoms with E-state index in [1.54, 1.807) is 12.1 Å². The molecule has 0 aromatic carbocycles. The van der Waals surface area contributed by atoms with E-state index in [1.807, 2.05) is 6.92 Å². The molecule has 1 saturated carbocycles. The highest BCUT2D eigenvalue weighted by Gasteiger charge is 2.29. The molecule has 4 N–H and O–H groups in total. The highest BCUT2D eigenvalue weighted by molar-refractivity contribution is 7.17. The fourth-order valence-corrected chi connectivity index (χ4v) is 3.23. The number of anilines is 1. The summed E-state index contributed by atoms with van der Waals surface area (Å²) in [6, 6.07) is 3.10. The summed E-state index contributed by atoms with van der Waals surface area (Å²) in [5.41, 5.74) is 2.88. The molecule has 10 nitrogen and oxygen atoms in total. The number of hydrogen-bond donors (Lipinski definition) is 4. The number of amides is 4. The summed E-state index contributed by atoms with van der Waals surface area (Å²) in [4.78, 5) is 49.6. The van der Waals surface area contributed by atoms with Gasteiger partial charge in [0.15, 0.2) is 5.69 Å². The van der Waals surface area contributed by atoms with Crippen LogP contribution < -0.4 is 21.4 Å². The number of pyridine rings is 1. The van der Waals surface area contributed by atoms with Crippen LogP contribution in [-0.4, -0.2) is 47.5 Å². The lowest BCUT2D eigenvalue weighted by atomic mass is 10.3. The molecule has 0 atom stereocenters. The predicted octanol–water partition coefficient (Wildman–Crippen LogP) is 1.53. The van der Waals surface area contributed by atoms with Crippen LogP contribution in [0.25, 0.3) is 10.6 Å². The molecular weight excluding hydrogens is 384 g/mol. The predicted molar refractivity (Wildman–Crippen MR) is 103 cm³/mol. The fraction of sp³-hybridized carbons (Fsp3) is 0.353. The minimum absolute atomic E-state index is 0.0472. The van der Waals surface area contributed by atoms with Crippen LogP contribution in [-0.2, 0) is 4.84 Å². The highest BCUT2D eigenvalue weighted by atomic mass is 32.1. The first-order valence-corrected chi connectivity index (χ1v) is 9.49. The quantitative estimate of drug-likeness (QED) is 0.517. The van der Waals surface area contributed by atoms with E-state index in [2.05, 4.69) is 36.2 Å². The third-order valence-electron chi connectivity index (χ3n) is 3.75. The van der Waals surface area contributed by atoms with Gasteiger partial charge >= 0.3 is 6.03 Å². The number of thiazole rings is 1. The third-order valence-corrected chi connectivity index (χ3v) is 4.85. The lowest BCUT2D eigenvalue weighted by molar-refractivity contribution is 0.0539. The Morgan fingerprint density at radius 2 is 2.04 bits per heavy atom. The molecule has 0 aliphatic heterocycles. The van der Waals surface area contributed by atoms with Gasteiger partial charge in [0.1, 0.15) is 15.7 Å². The normalized spacial score (nSPS) is 12.9. The molecule has 0 radical (unpaired) electrons. The van der Waals surface area contributed by atoms with Gasteiger partial charge in [-0.15, -0.1) is 11.3 Å². The van der Waals surface area contributed by atoms with Crippen LogP contribution in [0.1, 0.15) is 39.9 Å². The highest BCUT2D eigenvalue weighted by Crippen LogP contribution is 2.29. The van der Waals surface area contributed by atoms with Crippen molar-refractivity contribution in [3.63, 3.8) is 0 Å². The minimum atomic E-state index is -0.547. The van der Waals surface area contributed by atoms with Gasteiger partial charge in [0, 0.05) is 24.3 Å². The minimum Gasteiger partial charge on any atom is -0.348 e. The Morgan fingerprint density at radius 1 is 1.25 bits per heavy atom. The van der Waals surface area contributed by atoms with Gasteiger partial charge in [0.2, 0.25) is 0 Å². The lowest BCUT2D eigenvalue weighted by Crippen LogP contribution is -2.29. The van der Waals surface area contributed by atoms with Crippen molar-refractivity contribution in [2.45, 2.75) is 25.8 Å². The molecule has 0 unspecified atom stereocenters. The van der Waals surface area contributed by atoms with E-state index >= 15 is 0 Å². The summed E-state index contributed by atoms with van der Waals surface area (Å²) < 4.78 is 0. The van der Waals surface area contributed by atoms with Crippen molar-refractivity contribution in [1.82, 2.24) is 26.1 Å². The van der Waals surface area contributed by atoms with Crippen LogP contribution in [0.15, 0.2) is 18.3 Å². The number of carbonyl (C=O) groups excluding carboxylic acids is 3. The van der Waals surface area contributed by atoms with Gasteiger partial charge < -0.3 is 10.6 Å². The van der Waals surface area contributed by atoms with Gasteiger partial charge in [-0.3, -0.25) is 19.7 Å². The maximum atomic E-state index is 12.4. The first kappa shape index (κ1) is 19.7. The smallest absolute Gasteiger partial charge is 0.320 e. The van der Waals surface area contributed by atoms with E-state index in [0.717, 1.165) is 24.2 Å². The van der Waals surface area contributed by atoms with E-state index in [1.165, 1.54) is 13.3 Å². The molecule has 1 aliphatic rings. The topological polar surface area (TPSA) is 134 Å². The Kier molecular flexibility index (Phi) is 6.16. The number of hydroxylamine groups is 1. The molecule has 148 valence electrons. The van der Waals surface area contributed by atoms with Crippen molar-refractivity contribution in [2.24, 2.45) is 0 Å². The van der Waals surface area contributed by atoms with Crippen LogP contribution in [0.4, 0.5) is 10.6 Å². The molecule has 0 bridgehead atoms. The Balaban J connectivity index is 1.83. The number of aromatic nitrogens is 2. The molecule has 3 rings (SSSR count). The summed E-state index contributed by atoms with van der Waals surface area (Å²) in [5, 5.41) is 8.49. The maximum absolute atomic E-state index is 12.4. The number of nitrogens with zero attached hydrogens (tertiary/aromatic N) is 2. The van der Waals surface area contributed by atoms with E-state index < -0.39 is 11.8 Å². The number of hydrogen-bond acceptors (Lipinski definition) is 7. The number of urea groups is 1. The largest absolute Gasteiger partial charge is 0.348 e. The van der Waals surface area contributed by atoms with Crippen molar-refractivity contribution in [3.05, 3.63) is 28.9 Å². The molecule has 2 aromatic heterocycles. The van der Waals surface area contributed by atoms with Crippen molar-refractivity contribution in [2.75, 3.05) is 19.0 Å². The zero-order valence-corrected chi connectivity index (χ0v) is 16.2. The maximum Gasteiger partial charge on any atom is 0.320 e. The van der Waals surface area contributed by atoms with E-state index in [0.29, 0.717) is 22.9 Å². The van der Waals surface area contributed by atoms with E-state index in [-0.39, 0.29) is 22.6 Å². The Bertz CT molecular complexity index is 878. The van der Waals surface area contributed by atoms with Crippen molar-refractivity contribution in [3.8, 4) is 10.6 Å². The van der Waals surface area contributed by atoms with Gasteiger partial charge in [-0.25, -0.2) is 20.2 Å². The van der Waals surface area contributed by atoms with Crippen LogP contribution in [0.2, 0.25) is 0 Å². The molecule has 2 aromatic rings. The van der Waals surface area contributed by atoms with Gasteiger partial charge in [-0.05, 0) is 31.9 Å². The van der Waals surface area contributed by atoms with Crippen LogP contribution in [0.5, 0.6) is 0 Å². The average Bonchev–Trinajstić information content (AvgIpc) is 3.36. The number of carbonyl (C=O) groups is 3. The average molecular weight is 404 g/mol. The molecule has 11 heteroatoms. The standard InChI is InChI=1S/C17H20N6O4S/c1-3-18-17(26)21-11-7-4-9(8-19-11)16-22-12(14(24)20-10-5-6-10)13(28-16)15(25)23-27-2/h4,7-8,10H,3,5-6H2,1-2H3,(H,20,24)(H,23,25)(H2,18,19,21,26). The van der Waals surface area contributed by atoms with Gasteiger partial charge in [-0.2, -0.15) is 0 Å². The number of nitrogens with one attached hydrogen (secondary N) is 4. The summed E-state index contributed by atoms with van der Waals surface area (Å²) in [6.45, 7) is 2.31. The van der Waals surface area contributed by atoms with Crippen molar-refractivity contribution in [1.29, 1.82) is 0 Å². The fourth-order valence-electron chi connectivity index (χ4n) is 2.29. The van der Waals surface area contributed by atoms with Crippen molar-refractivity contribution < 1.29 is 19.2 Å². The van der Waals surface area contributed by atoms with Gasteiger partial charge in [-0.1, -0.05) is 0 Å². The monoisotopic (exact) mass is 404 g/mol. The van der Waals surface area contributed by atoms with Crippen molar-refractivity contribution >= 4 is 35.0 Å². The Hall–Kier alpha value is -3.05. The molecule has 0 saturated heterocycles. The molecular formula is C17H20N6O4S. The SMILES string of the molecule is CCNC(=O)Nc1ccc(-c2nc(C(=O)NC3CC3)c(C(=O)NOC)s2)cn1. The van der Waals surface area contributed by atoms with Crippen LogP contribution >= 0.6 is 11.3 Å². The zero-order chi connectivity index (χ0) is 20.1. The number of rotatable bonds is 7. The second kappa shape index (κ2) is 8.76. The van der Waals surface area contributed by atoms with Crippen LogP contribution in [0.3, 0.4) is 0 Å².